The first-order valence-electron chi connectivity index (χ1n) is 8.72. The second-order valence-electron chi connectivity index (χ2n) is 6.49. The molecule has 6 rings (SSSR count). The number of hydrogen-bond acceptors (Lipinski definition) is 8. The molecule has 2 aromatic carbocycles. The van der Waals surface area contributed by atoms with Crippen LogP contribution in [-0.2, 0) is 0 Å². The Hall–Kier alpha value is -3.27. The third-order valence-electron chi connectivity index (χ3n) is 4.70. The van der Waals surface area contributed by atoms with E-state index in [0.717, 1.165) is 10.2 Å². The van der Waals surface area contributed by atoms with Crippen molar-refractivity contribution in [2.45, 2.75) is 0 Å². The van der Waals surface area contributed by atoms with Crippen LogP contribution in [0.2, 0.25) is 10.0 Å². The Balaban J connectivity index is 1.75. The van der Waals surface area contributed by atoms with Crippen LogP contribution in [0.5, 0.6) is 0 Å². The fourth-order valence-electron chi connectivity index (χ4n) is 3.40. The molecular weight excluding hydrogens is 445 g/mol. The van der Waals surface area contributed by atoms with Gasteiger partial charge in [0.2, 0.25) is 11.3 Å². The molecule has 0 aliphatic heterocycles. The Labute approximate surface area is 181 Å². The number of anilines is 1. The molecule has 0 amide bonds. The summed E-state index contributed by atoms with van der Waals surface area (Å²) in [5.41, 5.74) is 10.3. The molecule has 0 atom stereocenters. The number of aromatic nitrogens is 6. The summed E-state index contributed by atoms with van der Waals surface area (Å²) < 4.78 is 7.55. The maximum Gasteiger partial charge on any atom is 0.245 e. The lowest BCUT2D eigenvalue weighted by atomic mass is 10.3. The largest absolute Gasteiger partial charge is 0.384 e. The number of fused-ring (bicyclic) bond motifs is 3. The van der Waals surface area contributed by atoms with E-state index in [2.05, 4.69) is 20.3 Å². The van der Waals surface area contributed by atoms with Crippen LogP contribution in [-0.4, -0.2) is 29.8 Å². The zero-order chi connectivity index (χ0) is 20.4. The van der Waals surface area contributed by atoms with E-state index in [0.29, 0.717) is 43.3 Å². The molecule has 0 aliphatic carbocycles. The summed E-state index contributed by atoms with van der Waals surface area (Å²) >= 11 is 14.1. The van der Waals surface area contributed by atoms with Crippen LogP contribution >= 0.6 is 34.5 Å². The van der Waals surface area contributed by atoms with E-state index >= 15 is 0 Å². The molecule has 11 heteroatoms. The molecule has 30 heavy (non-hydrogen) atoms. The van der Waals surface area contributed by atoms with E-state index in [1.54, 1.807) is 22.8 Å². The number of rotatable bonds is 2. The van der Waals surface area contributed by atoms with E-state index in [9.17, 15) is 0 Å². The van der Waals surface area contributed by atoms with Gasteiger partial charge in [0.25, 0.3) is 0 Å². The van der Waals surface area contributed by atoms with Crippen LogP contribution in [0.1, 0.15) is 0 Å². The molecule has 2 N–H and O–H groups in total. The number of hydrogen-bond donors (Lipinski definition) is 1. The highest BCUT2D eigenvalue weighted by Crippen LogP contribution is 2.42. The van der Waals surface area contributed by atoms with Gasteiger partial charge >= 0.3 is 0 Å². The first-order chi connectivity index (χ1) is 14.6. The first-order valence-corrected chi connectivity index (χ1v) is 10.3. The number of nitrogens with two attached hydrogens (primary N) is 1. The van der Waals surface area contributed by atoms with Gasteiger partial charge in [-0.2, -0.15) is 0 Å². The minimum Gasteiger partial charge on any atom is -0.384 e. The highest BCUT2D eigenvalue weighted by Gasteiger charge is 2.25. The molecular formula is C19H9Cl2N7OS. The van der Waals surface area contributed by atoms with Gasteiger partial charge in [-0.25, -0.2) is 19.6 Å². The summed E-state index contributed by atoms with van der Waals surface area (Å²) in [5.74, 6) is 0.401. The molecule has 0 fully saturated rings. The first kappa shape index (κ1) is 17.6. The SMILES string of the molecule is Nc1c(-c2nc3ccccc3s2)c2nc3nonc3nc2n1-c1ccc(Cl)cc1Cl. The molecule has 0 aliphatic rings. The van der Waals surface area contributed by atoms with Gasteiger partial charge in [-0.05, 0) is 40.6 Å². The van der Waals surface area contributed by atoms with Gasteiger partial charge in [0.05, 0.1) is 26.5 Å². The predicted molar refractivity (Wildman–Crippen MR) is 117 cm³/mol. The molecule has 0 unspecified atom stereocenters. The summed E-state index contributed by atoms with van der Waals surface area (Å²) in [5, 5.41) is 9.27. The van der Waals surface area contributed by atoms with Crippen molar-refractivity contribution in [3.63, 3.8) is 0 Å². The second kappa shape index (κ2) is 6.36. The lowest BCUT2D eigenvalue weighted by Gasteiger charge is -2.09. The van der Waals surface area contributed by atoms with E-state index in [-0.39, 0.29) is 11.3 Å². The van der Waals surface area contributed by atoms with Crippen molar-refractivity contribution >= 4 is 73.0 Å². The Bertz CT molecular complexity index is 1570. The van der Waals surface area contributed by atoms with Gasteiger partial charge in [0, 0.05) is 5.02 Å². The molecule has 0 bridgehead atoms. The smallest absolute Gasteiger partial charge is 0.245 e. The fourth-order valence-corrected chi connectivity index (χ4v) is 4.91. The molecule has 0 spiro atoms. The second-order valence-corrected chi connectivity index (χ2v) is 8.36. The van der Waals surface area contributed by atoms with E-state index < -0.39 is 0 Å². The van der Waals surface area contributed by atoms with Gasteiger partial charge in [-0.15, -0.1) is 11.3 Å². The van der Waals surface area contributed by atoms with Crippen molar-refractivity contribution in [2.24, 2.45) is 0 Å². The predicted octanol–water partition coefficient (Wildman–Crippen LogP) is 5.12. The van der Waals surface area contributed by atoms with Crippen LogP contribution in [0, 0.1) is 0 Å². The summed E-state index contributed by atoms with van der Waals surface area (Å²) in [4.78, 5) is 13.9. The Morgan fingerprint density at radius 3 is 2.57 bits per heavy atom. The van der Waals surface area contributed by atoms with Crippen LogP contribution in [0.3, 0.4) is 0 Å². The summed E-state index contributed by atoms with van der Waals surface area (Å²) in [6.45, 7) is 0. The standard InChI is InChI=1S/C19H9Cl2N7OS/c20-8-5-6-11(9(21)7-8)28-15(22)13(19-23-10-3-1-2-4-12(10)30-19)14-18(28)25-17-16(24-14)26-29-27-17/h1-7H,22H2. The minimum atomic E-state index is 0.266. The summed E-state index contributed by atoms with van der Waals surface area (Å²) in [6.07, 6.45) is 0. The van der Waals surface area contributed by atoms with Crippen molar-refractivity contribution < 1.29 is 4.63 Å². The average Bonchev–Trinajstić information content (AvgIpc) is 3.41. The third-order valence-corrected chi connectivity index (χ3v) is 6.29. The molecule has 146 valence electrons. The Kier molecular flexibility index (Phi) is 3.73. The van der Waals surface area contributed by atoms with Crippen molar-refractivity contribution in [2.75, 3.05) is 5.73 Å². The number of para-hydroxylation sites is 1. The van der Waals surface area contributed by atoms with Crippen LogP contribution in [0.25, 0.3) is 48.9 Å². The molecule has 6 aromatic rings. The van der Waals surface area contributed by atoms with Crippen molar-refractivity contribution in [3.8, 4) is 16.3 Å². The highest BCUT2D eigenvalue weighted by atomic mass is 35.5. The van der Waals surface area contributed by atoms with Crippen LogP contribution in [0.4, 0.5) is 5.82 Å². The minimum absolute atomic E-state index is 0.266. The van der Waals surface area contributed by atoms with Gasteiger partial charge in [0.15, 0.2) is 5.65 Å². The maximum atomic E-state index is 6.63. The van der Waals surface area contributed by atoms with E-state index in [1.807, 2.05) is 24.3 Å². The van der Waals surface area contributed by atoms with E-state index in [1.165, 1.54) is 11.3 Å². The third kappa shape index (κ3) is 2.49. The summed E-state index contributed by atoms with van der Waals surface area (Å²) in [7, 11) is 0. The Morgan fingerprint density at radius 2 is 1.77 bits per heavy atom. The van der Waals surface area contributed by atoms with E-state index in [4.69, 9.17) is 38.5 Å². The normalized spacial score (nSPS) is 11.8. The molecule has 0 saturated carbocycles. The quantitative estimate of drug-likeness (QED) is 0.387. The topological polar surface area (TPSA) is 109 Å². The Morgan fingerprint density at radius 1 is 0.967 bits per heavy atom. The molecule has 0 radical (unpaired) electrons. The highest BCUT2D eigenvalue weighted by molar-refractivity contribution is 7.21. The summed E-state index contributed by atoms with van der Waals surface area (Å²) in [6, 6.07) is 13.0. The van der Waals surface area contributed by atoms with Crippen molar-refractivity contribution in [1.82, 2.24) is 29.8 Å². The number of nitrogens with zero attached hydrogens (tertiary/aromatic N) is 6. The number of nitrogen functional groups attached to an aromatic ring is 1. The zero-order valence-electron chi connectivity index (χ0n) is 14.9. The fraction of sp³-hybridized carbons (Fsp3) is 0. The number of thiazole rings is 1. The lowest BCUT2D eigenvalue weighted by Crippen LogP contribution is -2.02. The molecule has 4 heterocycles. The van der Waals surface area contributed by atoms with Gasteiger partial charge in [0.1, 0.15) is 16.3 Å². The molecule has 8 nitrogen and oxygen atoms in total. The van der Waals surface area contributed by atoms with Gasteiger partial charge in [-0.1, -0.05) is 35.3 Å². The van der Waals surface area contributed by atoms with Gasteiger partial charge < -0.3 is 5.73 Å². The maximum absolute atomic E-state index is 6.63. The van der Waals surface area contributed by atoms with Crippen LogP contribution < -0.4 is 5.73 Å². The number of halogens is 2. The van der Waals surface area contributed by atoms with Gasteiger partial charge in [-0.3, -0.25) is 4.57 Å². The van der Waals surface area contributed by atoms with Crippen molar-refractivity contribution in [1.29, 1.82) is 0 Å². The lowest BCUT2D eigenvalue weighted by molar-refractivity contribution is 0.314. The average molecular weight is 454 g/mol. The zero-order valence-corrected chi connectivity index (χ0v) is 17.2. The van der Waals surface area contributed by atoms with Crippen LogP contribution in [0.15, 0.2) is 47.1 Å². The van der Waals surface area contributed by atoms with Crippen molar-refractivity contribution in [3.05, 3.63) is 52.5 Å². The number of benzene rings is 2. The molecule has 0 saturated heterocycles. The monoisotopic (exact) mass is 453 g/mol. The molecule has 4 aromatic heterocycles.